The fraction of sp³-hybridized carbons (Fsp3) is 0.286. The van der Waals surface area contributed by atoms with Crippen molar-refractivity contribution in [3.8, 4) is 0 Å². The molecule has 1 saturated heterocycles. The summed E-state index contributed by atoms with van der Waals surface area (Å²) < 4.78 is 0. The Morgan fingerprint density at radius 3 is 2.78 bits per heavy atom. The molecular weight excluding hydrogens is 356 g/mol. The summed E-state index contributed by atoms with van der Waals surface area (Å²) >= 11 is 1.60. The predicted octanol–water partition coefficient (Wildman–Crippen LogP) is 4.33. The Morgan fingerprint density at radius 1 is 1.11 bits per heavy atom. The number of fused-ring (bicyclic) bond motifs is 1. The van der Waals surface area contributed by atoms with Gasteiger partial charge in [-0.1, -0.05) is 24.6 Å². The summed E-state index contributed by atoms with van der Waals surface area (Å²) in [5, 5.41) is 5.78. The summed E-state index contributed by atoms with van der Waals surface area (Å²) in [7, 11) is 0. The number of nitrogens with one attached hydrogen (secondary N) is 1. The van der Waals surface area contributed by atoms with Gasteiger partial charge in [-0.2, -0.15) is 0 Å². The molecule has 0 spiro atoms. The summed E-state index contributed by atoms with van der Waals surface area (Å²) in [6, 6.07) is 11.8. The van der Waals surface area contributed by atoms with E-state index in [1.165, 1.54) is 19.3 Å². The van der Waals surface area contributed by atoms with Crippen LogP contribution in [0, 0.1) is 0 Å². The molecule has 0 bridgehead atoms. The molecule has 0 unspecified atom stereocenters. The number of amides is 1. The van der Waals surface area contributed by atoms with E-state index in [-0.39, 0.29) is 5.91 Å². The lowest BCUT2D eigenvalue weighted by atomic mass is 10.1. The second kappa shape index (κ2) is 8.41. The van der Waals surface area contributed by atoms with Gasteiger partial charge >= 0.3 is 0 Å². The van der Waals surface area contributed by atoms with Crippen molar-refractivity contribution in [2.24, 2.45) is 0 Å². The van der Waals surface area contributed by atoms with Crippen LogP contribution in [0.5, 0.6) is 0 Å². The number of para-hydroxylation sites is 1. The van der Waals surface area contributed by atoms with Crippen LogP contribution in [0.25, 0.3) is 17.0 Å². The minimum atomic E-state index is -0.184. The molecule has 0 radical (unpaired) electrons. The number of benzene rings is 1. The number of aromatic nitrogens is 2. The summed E-state index contributed by atoms with van der Waals surface area (Å²) in [6.07, 6.45) is 7.12. The summed E-state index contributed by atoms with van der Waals surface area (Å²) in [4.78, 5) is 25.2. The molecule has 1 aromatic carbocycles. The smallest absolute Gasteiger partial charge is 0.249 e. The topological polar surface area (TPSA) is 58.1 Å². The first-order valence-corrected chi connectivity index (χ1v) is 10.2. The van der Waals surface area contributed by atoms with E-state index in [1.54, 1.807) is 17.4 Å². The van der Waals surface area contributed by atoms with Crippen molar-refractivity contribution in [2.45, 2.75) is 25.8 Å². The van der Waals surface area contributed by atoms with Gasteiger partial charge in [-0.15, -0.1) is 11.3 Å². The Bertz CT molecular complexity index is 946. The van der Waals surface area contributed by atoms with E-state index in [4.69, 9.17) is 4.98 Å². The van der Waals surface area contributed by atoms with Crippen LogP contribution >= 0.6 is 11.3 Å². The molecule has 0 atom stereocenters. The number of carbonyl (C=O) groups excluding carboxylic acids is 1. The molecule has 1 aliphatic rings. The number of piperidine rings is 1. The SMILES string of the molecule is O=C(/C=C/c1cccs1)Nc1nc(CN2CCCCC2)nc2ccccc12. The van der Waals surface area contributed by atoms with E-state index in [0.717, 1.165) is 41.2 Å². The zero-order chi connectivity index (χ0) is 18.5. The normalized spacial score (nSPS) is 15.4. The molecule has 4 rings (SSSR count). The average molecular weight is 379 g/mol. The fourth-order valence-electron chi connectivity index (χ4n) is 3.31. The van der Waals surface area contributed by atoms with Crippen molar-refractivity contribution >= 4 is 40.0 Å². The molecule has 5 nitrogen and oxygen atoms in total. The Kier molecular flexibility index (Phi) is 5.55. The van der Waals surface area contributed by atoms with Crippen molar-refractivity contribution in [2.75, 3.05) is 18.4 Å². The van der Waals surface area contributed by atoms with Gasteiger partial charge in [-0.05, 0) is 55.6 Å². The van der Waals surface area contributed by atoms with Gasteiger partial charge in [-0.3, -0.25) is 9.69 Å². The first-order chi connectivity index (χ1) is 13.3. The van der Waals surface area contributed by atoms with Gasteiger partial charge in [0.15, 0.2) is 0 Å². The van der Waals surface area contributed by atoms with Gasteiger partial charge in [0, 0.05) is 16.3 Å². The average Bonchev–Trinajstić information content (AvgIpc) is 3.21. The quantitative estimate of drug-likeness (QED) is 0.672. The highest BCUT2D eigenvalue weighted by atomic mass is 32.1. The molecule has 3 aromatic rings. The van der Waals surface area contributed by atoms with Crippen LogP contribution in [0.2, 0.25) is 0 Å². The first kappa shape index (κ1) is 17.8. The third-order valence-electron chi connectivity index (χ3n) is 4.65. The zero-order valence-electron chi connectivity index (χ0n) is 15.1. The number of hydrogen-bond acceptors (Lipinski definition) is 5. The van der Waals surface area contributed by atoms with Gasteiger partial charge in [0.1, 0.15) is 11.6 Å². The molecule has 0 aliphatic carbocycles. The van der Waals surface area contributed by atoms with Gasteiger partial charge in [-0.25, -0.2) is 9.97 Å². The maximum atomic E-state index is 12.4. The minimum absolute atomic E-state index is 0.184. The summed E-state index contributed by atoms with van der Waals surface area (Å²) in [5.41, 5.74) is 0.858. The molecule has 6 heteroatoms. The van der Waals surface area contributed by atoms with Gasteiger partial charge in [0.05, 0.1) is 12.1 Å². The van der Waals surface area contributed by atoms with Crippen LogP contribution in [0.3, 0.4) is 0 Å². The first-order valence-electron chi connectivity index (χ1n) is 9.28. The number of nitrogens with zero attached hydrogens (tertiary/aromatic N) is 3. The van der Waals surface area contributed by atoms with Crippen molar-refractivity contribution < 1.29 is 4.79 Å². The predicted molar refractivity (Wildman–Crippen MR) is 111 cm³/mol. The standard InChI is InChI=1S/C21H22N4OS/c26-20(11-10-16-7-6-14-27-16)24-21-17-8-2-3-9-18(17)22-19(23-21)15-25-12-4-1-5-13-25/h2-3,6-11,14H,1,4-5,12-13,15H2,(H,22,23,24,26)/b11-10+. The van der Waals surface area contributed by atoms with Gasteiger partial charge in [0.2, 0.25) is 5.91 Å². The van der Waals surface area contributed by atoms with E-state index in [1.807, 2.05) is 47.9 Å². The van der Waals surface area contributed by atoms with Crippen molar-refractivity contribution in [3.05, 3.63) is 58.6 Å². The largest absolute Gasteiger partial charge is 0.306 e. The molecule has 138 valence electrons. The molecule has 27 heavy (non-hydrogen) atoms. The summed E-state index contributed by atoms with van der Waals surface area (Å²) in [5.74, 6) is 1.15. The maximum absolute atomic E-state index is 12.4. The van der Waals surface area contributed by atoms with Gasteiger partial charge in [0.25, 0.3) is 0 Å². The molecular formula is C21H22N4OS. The summed E-state index contributed by atoms with van der Waals surface area (Å²) in [6.45, 7) is 2.89. The van der Waals surface area contributed by atoms with Gasteiger partial charge < -0.3 is 5.32 Å². The van der Waals surface area contributed by atoms with Crippen LogP contribution in [0.15, 0.2) is 47.9 Å². The molecule has 1 amide bonds. The highest BCUT2D eigenvalue weighted by Crippen LogP contribution is 2.21. The zero-order valence-corrected chi connectivity index (χ0v) is 15.9. The molecule has 1 fully saturated rings. The van der Waals surface area contributed by atoms with E-state index in [2.05, 4.69) is 15.2 Å². The number of carbonyl (C=O) groups is 1. The number of likely N-dealkylation sites (tertiary alicyclic amines) is 1. The number of anilines is 1. The molecule has 2 aromatic heterocycles. The lowest BCUT2D eigenvalue weighted by Crippen LogP contribution is -2.30. The van der Waals surface area contributed by atoms with E-state index >= 15 is 0 Å². The number of hydrogen-bond donors (Lipinski definition) is 1. The minimum Gasteiger partial charge on any atom is -0.306 e. The highest BCUT2D eigenvalue weighted by Gasteiger charge is 2.14. The molecule has 0 saturated carbocycles. The lowest BCUT2D eigenvalue weighted by Gasteiger charge is -2.25. The third kappa shape index (κ3) is 4.59. The monoisotopic (exact) mass is 378 g/mol. The second-order valence-electron chi connectivity index (χ2n) is 6.68. The molecule has 1 N–H and O–H groups in total. The molecule has 3 heterocycles. The van der Waals surface area contributed by atoms with Crippen LogP contribution < -0.4 is 5.32 Å². The van der Waals surface area contributed by atoms with Crippen molar-refractivity contribution in [3.63, 3.8) is 0 Å². The Balaban J connectivity index is 1.57. The highest BCUT2D eigenvalue weighted by molar-refractivity contribution is 7.10. The van der Waals surface area contributed by atoms with Crippen LogP contribution in [0.4, 0.5) is 5.82 Å². The van der Waals surface area contributed by atoms with Crippen LogP contribution in [-0.4, -0.2) is 33.9 Å². The lowest BCUT2D eigenvalue weighted by molar-refractivity contribution is -0.111. The Hall–Kier alpha value is -2.57. The third-order valence-corrected chi connectivity index (χ3v) is 5.48. The van der Waals surface area contributed by atoms with E-state index in [0.29, 0.717) is 5.82 Å². The number of rotatable bonds is 5. The van der Waals surface area contributed by atoms with E-state index in [9.17, 15) is 4.79 Å². The Morgan fingerprint density at radius 2 is 1.96 bits per heavy atom. The van der Waals surface area contributed by atoms with Crippen LogP contribution in [-0.2, 0) is 11.3 Å². The molecule has 1 aliphatic heterocycles. The number of thiophene rings is 1. The van der Waals surface area contributed by atoms with Crippen LogP contribution in [0.1, 0.15) is 30.0 Å². The van der Waals surface area contributed by atoms with Crippen molar-refractivity contribution in [1.82, 2.24) is 14.9 Å². The Labute approximate surface area is 162 Å². The second-order valence-corrected chi connectivity index (χ2v) is 7.66. The maximum Gasteiger partial charge on any atom is 0.249 e. The van der Waals surface area contributed by atoms with E-state index < -0.39 is 0 Å². The van der Waals surface area contributed by atoms with Crippen molar-refractivity contribution in [1.29, 1.82) is 0 Å². The fourth-order valence-corrected chi connectivity index (χ4v) is 3.93.